The van der Waals surface area contributed by atoms with Gasteiger partial charge in [0.25, 0.3) is 10.1 Å². The lowest BCUT2D eigenvalue weighted by Gasteiger charge is -2.35. The molecule has 0 aromatic heterocycles. The van der Waals surface area contributed by atoms with E-state index in [4.69, 9.17) is 4.55 Å². The topological polar surface area (TPSA) is 80.7 Å². The van der Waals surface area contributed by atoms with Gasteiger partial charge >= 0.3 is 23.9 Å². The number of hydrogen-bond donors (Lipinski definition) is 1. The maximum atomic E-state index is 13.2. The van der Waals surface area contributed by atoms with Crippen molar-refractivity contribution in [2.45, 2.75) is 24.3 Å². The Morgan fingerprint density at radius 3 is 2.00 bits per heavy atom. The summed E-state index contributed by atoms with van der Waals surface area (Å²) < 4.78 is 113. The van der Waals surface area contributed by atoms with Crippen molar-refractivity contribution >= 4 is 37.2 Å². The Morgan fingerprint density at radius 2 is 1.62 bits per heavy atom. The van der Waals surface area contributed by atoms with E-state index in [1.165, 1.54) is 27.8 Å². The highest BCUT2D eigenvalue weighted by Crippen LogP contribution is 2.47. The quantitative estimate of drug-likeness (QED) is 0.323. The molecule has 0 aliphatic rings. The third-order valence-electron chi connectivity index (χ3n) is 3.43. The predicted octanol–water partition coefficient (Wildman–Crippen LogP) is -0.0139. The molecule has 0 radical (unpaired) electrons. The summed E-state index contributed by atoms with van der Waals surface area (Å²) in [5.41, 5.74) is -5.53. The van der Waals surface area contributed by atoms with Crippen molar-refractivity contribution in [3.63, 3.8) is 0 Å². The molecular formula is C12H12B2F6O5S. The number of alkyl halides is 6. The van der Waals surface area contributed by atoms with Gasteiger partial charge in [0, 0.05) is 0 Å². The van der Waals surface area contributed by atoms with Crippen LogP contribution in [-0.4, -0.2) is 58.3 Å². The number of esters is 1. The molecule has 144 valence electrons. The van der Waals surface area contributed by atoms with Crippen LogP contribution in [0.4, 0.5) is 26.3 Å². The first-order valence-corrected chi connectivity index (χ1v) is 8.56. The molecule has 0 heterocycles. The molecule has 1 N–H and O–H groups in total. The molecule has 0 spiro atoms. The van der Waals surface area contributed by atoms with E-state index in [1.807, 2.05) is 0 Å². The fourth-order valence-corrected chi connectivity index (χ4v) is 3.03. The monoisotopic (exact) mass is 404 g/mol. The van der Waals surface area contributed by atoms with Crippen molar-refractivity contribution in [1.82, 2.24) is 0 Å². The summed E-state index contributed by atoms with van der Waals surface area (Å²) in [6.45, 7) is 0. The second-order valence-electron chi connectivity index (χ2n) is 5.45. The number of hydrogen-bond acceptors (Lipinski definition) is 4. The Labute approximate surface area is 146 Å². The van der Waals surface area contributed by atoms with E-state index in [9.17, 15) is 39.6 Å². The zero-order chi connectivity index (χ0) is 20.6. The van der Waals surface area contributed by atoms with Gasteiger partial charge in [0.2, 0.25) is 0 Å². The lowest BCUT2D eigenvalue weighted by Crippen LogP contribution is -2.63. The van der Waals surface area contributed by atoms with Crippen LogP contribution in [0.3, 0.4) is 0 Å². The molecule has 0 amide bonds. The van der Waals surface area contributed by atoms with Gasteiger partial charge in [-0.2, -0.15) is 34.8 Å². The highest BCUT2D eigenvalue weighted by Gasteiger charge is 2.76. The van der Waals surface area contributed by atoms with E-state index in [2.05, 4.69) is 4.74 Å². The van der Waals surface area contributed by atoms with Crippen molar-refractivity contribution in [2.24, 2.45) is 0 Å². The van der Waals surface area contributed by atoms with Crippen molar-refractivity contribution in [1.29, 1.82) is 0 Å². The van der Waals surface area contributed by atoms with Crippen LogP contribution in [0.1, 0.15) is 15.9 Å². The molecule has 1 aromatic carbocycles. The first-order chi connectivity index (χ1) is 11.5. The molecule has 14 heteroatoms. The molecule has 0 atom stereocenters. The number of carbonyl (C=O) groups is 1. The van der Waals surface area contributed by atoms with Gasteiger partial charge in [0.15, 0.2) is 0 Å². The van der Waals surface area contributed by atoms with Gasteiger partial charge in [-0.05, 0) is 5.56 Å². The van der Waals surface area contributed by atoms with E-state index < -0.39 is 45.4 Å². The SMILES string of the molecule is BCc1ccc(B)cc1C(=O)OC(CS(=O)(=O)O)(C(F)(F)F)C(F)(F)F. The molecule has 0 bridgehead atoms. The molecule has 0 aliphatic carbocycles. The van der Waals surface area contributed by atoms with Gasteiger partial charge in [-0.1, -0.05) is 30.0 Å². The Bertz CT molecular complexity index is 776. The predicted molar refractivity (Wildman–Crippen MR) is 83.5 cm³/mol. The summed E-state index contributed by atoms with van der Waals surface area (Å²) in [7, 11) is -2.88. The van der Waals surface area contributed by atoms with E-state index in [1.54, 1.807) is 0 Å². The Hall–Kier alpha value is -1.69. The Morgan fingerprint density at radius 1 is 1.12 bits per heavy atom. The van der Waals surface area contributed by atoms with Crippen LogP contribution >= 0.6 is 0 Å². The van der Waals surface area contributed by atoms with Crippen LogP contribution < -0.4 is 5.46 Å². The van der Waals surface area contributed by atoms with E-state index in [-0.39, 0.29) is 11.9 Å². The minimum atomic E-state index is -6.35. The highest BCUT2D eigenvalue weighted by molar-refractivity contribution is 7.85. The molecule has 0 saturated heterocycles. The fourth-order valence-electron chi connectivity index (χ4n) is 2.13. The second kappa shape index (κ2) is 7.14. The molecular weight excluding hydrogens is 392 g/mol. The van der Waals surface area contributed by atoms with Crippen molar-refractivity contribution < 1.29 is 48.8 Å². The zero-order valence-electron chi connectivity index (χ0n) is 13.4. The first kappa shape index (κ1) is 22.4. The van der Waals surface area contributed by atoms with E-state index in [0.29, 0.717) is 5.46 Å². The third kappa shape index (κ3) is 4.72. The second-order valence-corrected chi connectivity index (χ2v) is 6.90. The van der Waals surface area contributed by atoms with Gasteiger partial charge in [-0.15, -0.1) is 0 Å². The number of ether oxygens (including phenoxy) is 1. The van der Waals surface area contributed by atoms with Crippen LogP contribution in [0.5, 0.6) is 0 Å². The Kier molecular flexibility index (Phi) is 6.14. The van der Waals surface area contributed by atoms with Gasteiger partial charge in [0.05, 0.1) is 5.56 Å². The molecule has 26 heavy (non-hydrogen) atoms. The van der Waals surface area contributed by atoms with Crippen LogP contribution in [-0.2, 0) is 21.2 Å². The maximum Gasteiger partial charge on any atom is 0.438 e. The summed E-state index contributed by atoms with van der Waals surface area (Å²) in [6.07, 6.45) is -12.6. The molecule has 5 nitrogen and oxygen atoms in total. The van der Waals surface area contributed by atoms with Crippen LogP contribution in [0.2, 0.25) is 0 Å². The number of rotatable bonds is 5. The fraction of sp³-hybridized carbons (Fsp3) is 0.417. The van der Waals surface area contributed by atoms with Crippen LogP contribution in [0.15, 0.2) is 18.2 Å². The number of carbonyl (C=O) groups excluding carboxylic acids is 1. The number of benzene rings is 1. The maximum absolute atomic E-state index is 13.2. The summed E-state index contributed by atoms with van der Waals surface area (Å²) in [5, 5.41) is 0. The third-order valence-corrected chi connectivity index (χ3v) is 4.21. The van der Waals surface area contributed by atoms with Crippen LogP contribution in [0.25, 0.3) is 0 Å². The molecule has 0 saturated carbocycles. The van der Waals surface area contributed by atoms with Gasteiger partial charge < -0.3 is 4.74 Å². The standard InChI is InChI=1S/C12H12B2F6O5S/c13-4-6-1-2-7(14)3-8(6)9(21)25-10(11(15,16)17,12(18,19)20)5-26(22,23)24/h1-3H,4-5,13-14H2,(H,22,23,24). The van der Waals surface area contributed by atoms with Crippen molar-refractivity contribution in [2.75, 3.05) is 5.75 Å². The Balaban J connectivity index is 3.56. The largest absolute Gasteiger partial charge is 0.438 e. The van der Waals surface area contributed by atoms with Crippen LogP contribution in [0, 0.1) is 0 Å². The average molecular weight is 404 g/mol. The van der Waals surface area contributed by atoms with E-state index >= 15 is 0 Å². The highest BCUT2D eigenvalue weighted by atomic mass is 32.2. The minimum absolute atomic E-state index is 0.0913. The lowest BCUT2D eigenvalue weighted by atomic mass is 9.87. The smallest absolute Gasteiger partial charge is 0.435 e. The normalized spacial score (nSPS) is 13.5. The summed E-state index contributed by atoms with van der Waals surface area (Å²) in [5.74, 6) is -4.92. The average Bonchev–Trinajstić information content (AvgIpc) is 2.42. The molecule has 0 unspecified atom stereocenters. The molecule has 0 fully saturated rings. The van der Waals surface area contributed by atoms with Crippen molar-refractivity contribution in [3.05, 3.63) is 29.3 Å². The molecule has 1 rings (SSSR count). The minimum Gasteiger partial charge on any atom is -0.435 e. The molecule has 1 aromatic rings. The van der Waals surface area contributed by atoms with Gasteiger partial charge in [-0.25, -0.2) is 4.79 Å². The van der Waals surface area contributed by atoms with Gasteiger partial charge in [-0.3, -0.25) is 4.55 Å². The van der Waals surface area contributed by atoms with E-state index in [0.717, 1.165) is 6.07 Å². The summed E-state index contributed by atoms with van der Waals surface area (Å²) >= 11 is 0. The summed E-state index contributed by atoms with van der Waals surface area (Å²) in [6, 6.07) is 3.82. The molecule has 0 aliphatic heterocycles. The van der Waals surface area contributed by atoms with Crippen molar-refractivity contribution in [3.8, 4) is 0 Å². The number of halogens is 6. The lowest BCUT2D eigenvalue weighted by molar-refractivity contribution is -0.356. The van der Waals surface area contributed by atoms with Gasteiger partial charge in [0.1, 0.15) is 21.4 Å². The first-order valence-electron chi connectivity index (χ1n) is 6.95. The zero-order valence-corrected chi connectivity index (χ0v) is 14.2. The summed E-state index contributed by atoms with van der Waals surface area (Å²) in [4.78, 5) is 12.1.